The number of nitrogens with one attached hydrogen (secondary N) is 3. The number of rotatable bonds is 12. The number of fused-ring (bicyclic) bond motifs is 1. The normalized spacial score (nSPS) is 11.0. The van der Waals surface area contributed by atoms with E-state index in [1.54, 1.807) is 88.5 Å². The van der Waals surface area contributed by atoms with Crippen molar-refractivity contribution in [3.63, 3.8) is 0 Å². The van der Waals surface area contributed by atoms with Gasteiger partial charge in [0.15, 0.2) is 0 Å². The lowest BCUT2D eigenvalue weighted by Crippen LogP contribution is -2.34. The van der Waals surface area contributed by atoms with Gasteiger partial charge >= 0.3 is 18.0 Å². The first-order chi connectivity index (χ1) is 22.9. The number of hydrogen-bond donors (Lipinski definition) is 3. The van der Waals surface area contributed by atoms with Crippen molar-refractivity contribution in [3.8, 4) is 0 Å². The highest BCUT2D eigenvalue weighted by atomic mass is 16.7. The molecule has 0 unspecified atom stereocenters. The fraction of sp³-hybridized carbons (Fsp3) is 0.324. The maximum atomic E-state index is 13.6. The maximum absolute atomic E-state index is 13.6. The second-order valence-corrected chi connectivity index (χ2v) is 11.7. The molecule has 2 amide bonds. The molecule has 0 radical (unpaired) electrons. The van der Waals surface area contributed by atoms with E-state index >= 15 is 0 Å². The predicted octanol–water partition coefficient (Wildman–Crippen LogP) is 4.78. The Morgan fingerprint density at radius 1 is 0.958 bits per heavy atom. The first-order valence-electron chi connectivity index (χ1n) is 15.2. The van der Waals surface area contributed by atoms with Crippen molar-refractivity contribution < 1.29 is 33.4 Å². The number of ether oxygens (including phenoxy) is 3. The van der Waals surface area contributed by atoms with Crippen molar-refractivity contribution in [2.45, 2.75) is 40.7 Å². The van der Waals surface area contributed by atoms with Gasteiger partial charge in [-0.25, -0.2) is 14.8 Å². The van der Waals surface area contributed by atoms with Gasteiger partial charge in [-0.05, 0) is 82.3 Å². The molecule has 2 aromatic heterocycles. The number of anilines is 2. The quantitative estimate of drug-likeness (QED) is 0.0831. The molecule has 2 heterocycles. The summed E-state index contributed by atoms with van der Waals surface area (Å²) in [6, 6.07) is 17.3. The summed E-state index contributed by atoms with van der Waals surface area (Å²) in [7, 11) is 1.88. The molecule has 0 bridgehead atoms. The van der Waals surface area contributed by atoms with E-state index in [1.165, 1.54) is 4.90 Å². The summed E-state index contributed by atoms with van der Waals surface area (Å²) >= 11 is 0. The van der Waals surface area contributed by atoms with Gasteiger partial charge in [-0.15, -0.1) is 0 Å². The molecule has 4 rings (SSSR count). The van der Waals surface area contributed by atoms with Crippen LogP contribution in [0.15, 0.2) is 66.9 Å². The number of pyridine rings is 1. The van der Waals surface area contributed by atoms with Gasteiger partial charge in [0.25, 0.3) is 5.91 Å². The summed E-state index contributed by atoms with van der Waals surface area (Å²) in [5, 5.41) is 13.7. The Hall–Kier alpha value is -5.79. The summed E-state index contributed by atoms with van der Waals surface area (Å²) in [5.74, 6) is -0.273. The zero-order valence-electron chi connectivity index (χ0n) is 27.5. The average Bonchev–Trinajstić information content (AvgIpc) is 3.38. The van der Waals surface area contributed by atoms with Gasteiger partial charge in [-0.2, -0.15) is 0 Å². The lowest BCUT2D eigenvalue weighted by atomic mass is 9.98. The molecule has 0 aliphatic heterocycles. The van der Waals surface area contributed by atoms with Crippen molar-refractivity contribution >= 4 is 52.3 Å². The molecule has 2 aromatic carbocycles. The summed E-state index contributed by atoms with van der Waals surface area (Å²) in [6.45, 7) is 6.95. The van der Waals surface area contributed by atoms with E-state index in [9.17, 15) is 19.2 Å². The van der Waals surface area contributed by atoms with Crippen LogP contribution in [0.2, 0.25) is 0 Å². The van der Waals surface area contributed by atoms with E-state index < -0.39 is 30.2 Å². The number of benzene rings is 2. The third-order valence-electron chi connectivity index (χ3n) is 7.08. The average molecular weight is 658 g/mol. The van der Waals surface area contributed by atoms with Gasteiger partial charge in [0.1, 0.15) is 17.5 Å². The van der Waals surface area contributed by atoms with Crippen LogP contribution < -0.4 is 15.5 Å². The van der Waals surface area contributed by atoms with E-state index in [1.807, 2.05) is 17.7 Å². The number of imidazole rings is 1. The molecule has 14 nitrogen and oxygen atoms in total. The molecule has 0 spiro atoms. The van der Waals surface area contributed by atoms with Gasteiger partial charge in [0.05, 0.1) is 36.0 Å². The Morgan fingerprint density at radius 3 is 2.35 bits per heavy atom. The van der Waals surface area contributed by atoms with Gasteiger partial charge in [0.2, 0.25) is 6.79 Å². The number of amides is 2. The van der Waals surface area contributed by atoms with Crippen LogP contribution in [0.1, 0.15) is 55.9 Å². The highest BCUT2D eigenvalue weighted by Crippen LogP contribution is 2.22. The Labute approximate surface area is 277 Å². The molecule has 0 atom stereocenters. The Kier molecular flexibility index (Phi) is 11.4. The molecule has 14 heteroatoms. The van der Waals surface area contributed by atoms with Crippen molar-refractivity contribution in [2.24, 2.45) is 12.5 Å². The van der Waals surface area contributed by atoms with Crippen LogP contribution in [0.3, 0.4) is 0 Å². The van der Waals surface area contributed by atoms with Gasteiger partial charge in [-0.3, -0.25) is 30.0 Å². The van der Waals surface area contributed by atoms with E-state index in [-0.39, 0.29) is 31.3 Å². The summed E-state index contributed by atoms with van der Waals surface area (Å²) < 4.78 is 16.7. The fourth-order valence-corrected chi connectivity index (χ4v) is 4.47. The number of amidine groups is 1. The Morgan fingerprint density at radius 2 is 1.69 bits per heavy atom. The molecular weight excluding hydrogens is 618 g/mol. The molecular formula is C34H39N7O7. The van der Waals surface area contributed by atoms with E-state index in [0.29, 0.717) is 34.8 Å². The number of carbonyl (C=O) groups is 4. The highest BCUT2D eigenvalue weighted by Gasteiger charge is 2.24. The van der Waals surface area contributed by atoms with E-state index in [0.717, 1.165) is 11.2 Å². The molecule has 252 valence electrons. The molecule has 48 heavy (non-hydrogen) atoms. The molecule has 0 saturated heterocycles. The first kappa shape index (κ1) is 35.1. The van der Waals surface area contributed by atoms with Crippen LogP contribution in [0, 0.1) is 10.8 Å². The topological polar surface area (TPSA) is 178 Å². The molecule has 0 saturated carbocycles. The third kappa shape index (κ3) is 9.15. The lowest BCUT2D eigenvalue weighted by Gasteiger charge is -2.21. The third-order valence-corrected chi connectivity index (χ3v) is 7.08. The standard InChI is InChI=1S/C34H39N7O7/c1-6-46-29(42)16-18-41(27-9-7-8-17-36-27)31(43)23-12-15-26-25(19-23)38-28(40(26)5)20-37-24-13-10-22(11-14-24)30(35)39-33(45)48-21-47-32(44)34(2,3)4/h7-15,17,19,37H,6,16,18,20-21H2,1-5H3,(H2,35,39,45). The highest BCUT2D eigenvalue weighted by molar-refractivity contribution is 6.07. The molecule has 4 aromatic rings. The van der Waals surface area contributed by atoms with Gasteiger partial charge in [0, 0.05) is 36.6 Å². The summed E-state index contributed by atoms with van der Waals surface area (Å²) in [5.41, 5.74) is 2.31. The van der Waals surface area contributed by atoms with Crippen molar-refractivity contribution in [1.29, 1.82) is 5.41 Å². The minimum Gasteiger partial charge on any atom is -0.466 e. The summed E-state index contributed by atoms with van der Waals surface area (Å²) in [4.78, 5) is 59.9. The molecule has 3 N–H and O–H groups in total. The van der Waals surface area contributed by atoms with Gasteiger partial charge < -0.3 is 24.1 Å². The van der Waals surface area contributed by atoms with Crippen LogP contribution in [-0.2, 0) is 37.4 Å². The predicted molar refractivity (Wildman–Crippen MR) is 179 cm³/mol. The first-order valence-corrected chi connectivity index (χ1v) is 15.2. The fourth-order valence-electron chi connectivity index (χ4n) is 4.47. The lowest BCUT2D eigenvalue weighted by molar-refractivity contribution is -0.161. The van der Waals surface area contributed by atoms with E-state index in [4.69, 9.17) is 24.6 Å². The number of hydrogen-bond acceptors (Lipinski definition) is 11. The SMILES string of the molecule is CCOC(=O)CCN(C(=O)c1ccc2c(c1)nc(CNc1ccc(C(=N)NC(=O)OCOC(=O)C(C)(C)C)cc1)n2C)c1ccccn1. The number of esters is 2. The molecule has 0 aliphatic rings. The minimum atomic E-state index is -0.920. The smallest absolute Gasteiger partial charge is 0.415 e. The molecule has 0 fully saturated rings. The van der Waals surface area contributed by atoms with Crippen molar-refractivity contribution in [2.75, 3.05) is 30.2 Å². The number of carbonyl (C=O) groups excluding carboxylic acids is 4. The minimum absolute atomic E-state index is 0.0272. The van der Waals surface area contributed by atoms with Crippen molar-refractivity contribution in [1.82, 2.24) is 19.9 Å². The second-order valence-electron chi connectivity index (χ2n) is 11.7. The van der Waals surface area contributed by atoms with Crippen LogP contribution in [0.5, 0.6) is 0 Å². The number of aromatic nitrogens is 3. The van der Waals surface area contributed by atoms with Crippen LogP contribution >= 0.6 is 0 Å². The van der Waals surface area contributed by atoms with Gasteiger partial charge in [-0.1, -0.05) is 6.07 Å². The number of alkyl carbamates (subject to hydrolysis) is 1. The Bertz CT molecular complexity index is 1780. The van der Waals surface area contributed by atoms with Crippen LogP contribution in [0.25, 0.3) is 11.0 Å². The largest absolute Gasteiger partial charge is 0.466 e. The van der Waals surface area contributed by atoms with Crippen molar-refractivity contribution in [3.05, 3.63) is 83.8 Å². The number of aryl methyl sites for hydroxylation is 1. The molecule has 0 aliphatic carbocycles. The van der Waals surface area contributed by atoms with Crippen LogP contribution in [-0.4, -0.2) is 64.3 Å². The number of nitrogens with zero attached hydrogens (tertiary/aromatic N) is 4. The zero-order valence-corrected chi connectivity index (χ0v) is 27.5. The summed E-state index contributed by atoms with van der Waals surface area (Å²) in [6.07, 6.45) is 0.694. The zero-order chi connectivity index (χ0) is 34.8. The van der Waals surface area contributed by atoms with E-state index in [2.05, 4.69) is 15.6 Å². The maximum Gasteiger partial charge on any atom is 0.415 e. The second kappa shape index (κ2) is 15.7. The Balaban J connectivity index is 1.37. The van der Waals surface area contributed by atoms with Crippen LogP contribution in [0.4, 0.5) is 16.3 Å². The monoisotopic (exact) mass is 657 g/mol.